The van der Waals surface area contributed by atoms with Crippen LogP contribution in [-0.2, 0) is 6.54 Å². The zero-order valence-corrected chi connectivity index (χ0v) is 21.1. The minimum Gasteiger partial charge on any atom is -0.465 e. The molecule has 11 heteroatoms. The largest absolute Gasteiger partial charge is 0.465 e. The van der Waals surface area contributed by atoms with E-state index in [0.717, 1.165) is 11.3 Å². The van der Waals surface area contributed by atoms with E-state index in [1.807, 2.05) is 6.07 Å². The van der Waals surface area contributed by atoms with Gasteiger partial charge in [0.1, 0.15) is 0 Å². The van der Waals surface area contributed by atoms with Crippen molar-refractivity contribution in [3.05, 3.63) is 54.9 Å². The quantitative estimate of drug-likeness (QED) is 0.455. The highest BCUT2D eigenvalue weighted by Gasteiger charge is 2.47. The van der Waals surface area contributed by atoms with Crippen LogP contribution in [-0.4, -0.2) is 33.9 Å². The van der Waals surface area contributed by atoms with Gasteiger partial charge >= 0.3 is 6.09 Å². The highest BCUT2D eigenvalue weighted by Crippen LogP contribution is 2.53. The molecule has 1 aromatic heterocycles. The van der Waals surface area contributed by atoms with Crippen molar-refractivity contribution in [3.63, 3.8) is 0 Å². The zero-order valence-electron chi connectivity index (χ0n) is 19.6. The van der Waals surface area contributed by atoms with Gasteiger partial charge in [-0.3, -0.25) is 9.59 Å². The lowest BCUT2D eigenvalue weighted by atomic mass is 9.81. The van der Waals surface area contributed by atoms with Gasteiger partial charge in [-0.2, -0.15) is 0 Å². The first kappa shape index (κ1) is 25.2. The molecule has 4 rings (SSSR count). The Hall–Kier alpha value is -2.91. The summed E-state index contributed by atoms with van der Waals surface area (Å²) in [6, 6.07) is 3.15. The summed E-state index contributed by atoms with van der Waals surface area (Å²) in [4.78, 5) is 38.8. The summed E-state index contributed by atoms with van der Waals surface area (Å²) in [5.41, 5.74) is 1.81. The number of halogens is 2. The van der Waals surface area contributed by atoms with Crippen LogP contribution in [0.15, 0.2) is 16.9 Å². The van der Waals surface area contributed by atoms with E-state index in [4.69, 9.17) is 37.8 Å². The third-order valence-electron chi connectivity index (χ3n) is 6.70. The van der Waals surface area contributed by atoms with E-state index >= 15 is 0 Å². The Kier molecular flexibility index (Phi) is 6.92. The lowest BCUT2D eigenvalue weighted by molar-refractivity contribution is -0.121. The second-order valence-electron chi connectivity index (χ2n) is 9.22. The number of aromatic amines is 1. The van der Waals surface area contributed by atoms with Gasteiger partial charge in [0.25, 0.3) is 17.3 Å². The molecule has 2 aromatic rings. The number of hydrogen-bond donors (Lipinski definition) is 4. The molecule has 2 amide bonds. The number of H-pyrrole nitrogens is 1. The highest BCUT2D eigenvalue weighted by atomic mass is 35.5. The number of carbonyl (C=O) groups excluding carboxylic acids is 1. The molecule has 0 saturated heterocycles. The number of aromatic nitrogens is 1. The summed E-state index contributed by atoms with van der Waals surface area (Å²) in [6.07, 6.45) is 1.64. The van der Waals surface area contributed by atoms with Crippen molar-refractivity contribution in [2.45, 2.75) is 64.8 Å². The molecule has 1 atom stereocenters. The number of rotatable bonds is 5. The molecular formula is C24H27Cl2N3O6. The standard InChI is InChI=1S/C24H27Cl2N3O6/c1-11-8-12(2)28-22(31)16(11)10-27-21(30)15-9-17(25)19-20(18(15)26)35-24(3,34-19)13-4-6-14(7-5-13)29-23(32)33/h8-9,13-14,29H,4-7,10H2,1-3H3,(H,27,30)(H,28,31)(H,32,33)/t13-,14-,24?. The average Bonchev–Trinajstić information content (AvgIpc) is 3.15. The van der Waals surface area contributed by atoms with E-state index in [-0.39, 0.29) is 51.2 Å². The Morgan fingerprint density at radius 1 is 1.14 bits per heavy atom. The van der Waals surface area contributed by atoms with Crippen molar-refractivity contribution in [3.8, 4) is 11.5 Å². The van der Waals surface area contributed by atoms with Gasteiger partial charge in [0.15, 0.2) is 11.5 Å². The van der Waals surface area contributed by atoms with Gasteiger partial charge < -0.3 is 30.2 Å². The Morgan fingerprint density at radius 3 is 2.43 bits per heavy atom. The SMILES string of the molecule is Cc1cc(C)c(CNC(=O)c2cc(Cl)c3c(c2Cl)OC(C)([C@H]2CC[C@H](NC(=O)O)CC2)O3)c(=O)[nH]1. The van der Waals surface area contributed by atoms with E-state index in [2.05, 4.69) is 15.6 Å². The van der Waals surface area contributed by atoms with Crippen LogP contribution < -0.4 is 25.7 Å². The molecule has 4 N–H and O–H groups in total. The van der Waals surface area contributed by atoms with E-state index in [0.29, 0.717) is 31.2 Å². The molecule has 2 aliphatic rings. The third-order valence-corrected chi connectivity index (χ3v) is 7.36. The molecule has 0 radical (unpaired) electrons. The molecule has 1 aromatic carbocycles. The third kappa shape index (κ3) is 5.06. The van der Waals surface area contributed by atoms with Crippen LogP contribution in [0.1, 0.15) is 59.8 Å². The van der Waals surface area contributed by atoms with E-state index in [9.17, 15) is 14.4 Å². The number of aryl methyl sites for hydroxylation is 2. The fourth-order valence-electron chi connectivity index (χ4n) is 4.83. The van der Waals surface area contributed by atoms with Crippen molar-refractivity contribution >= 4 is 35.2 Å². The predicted molar refractivity (Wildman–Crippen MR) is 131 cm³/mol. The Labute approximate surface area is 212 Å². The van der Waals surface area contributed by atoms with Crippen LogP contribution >= 0.6 is 23.2 Å². The normalized spacial score (nSPS) is 23.1. The lowest BCUT2D eigenvalue weighted by Crippen LogP contribution is -2.47. The number of ether oxygens (including phenoxy) is 2. The maximum atomic E-state index is 12.9. The van der Waals surface area contributed by atoms with Crippen molar-refractivity contribution in [1.29, 1.82) is 0 Å². The Bertz CT molecular complexity index is 1240. The monoisotopic (exact) mass is 523 g/mol. The van der Waals surface area contributed by atoms with Crippen LogP contribution in [0, 0.1) is 19.8 Å². The Morgan fingerprint density at radius 2 is 1.80 bits per heavy atom. The van der Waals surface area contributed by atoms with Gasteiger partial charge in [-0.15, -0.1) is 0 Å². The highest BCUT2D eigenvalue weighted by molar-refractivity contribution is 6.38. The number of hydrogen-bond acceptors (Lipinski definition) is 5. The number of pyridine rings is 1. The smallest absolute Gasteiger partial charge is 0.404 e. The van der Waals surface area contributed by atoms with Crippen LogP contribution in [0.5, 0.6) is 11.5 Å². The molecule has 2 heterocycles. The second-order valence-corrected chi connectivity index (χ2v) is 10.0. The summed E-state index contributed by atoms with van der Waals surface area (Å²) < 4.78 is 12.3. The second kappa shape index (κ2) is 9.62. The molecule has 188 valence electrons. The van der Waals surface area contributed by atoms with Crippen molar-refractivity contribution in [2.75, 3.05) is 0 Å². The molecule has 9 nitrogen and oxygen atoms in total. The van der Waals surface area contributed by atoms with Gasteiger partial charge in [-0.25, -0.2) is 4.79 Å². The first-order valence-corrected chi connectivity index (χ1v) is 12.1. The van der Waals surface area contributed by atoms with Crippen LogP contribution in [0.25, 0.3) is 0 Å². The predicted octanol–water partition coefficient (Wildman–Crippen LogP) is 4.54. The van der Waals surface area contributed by atoms with Crippen molar-refractivity contribution in [2.24, 2.45) is 5.92 Å². The molecule has 1 fully saturated rings. The van der Waals surface area contributed by atoms with Crippen molar-refractivity contribution in [1.82, 2.24) is 15.6 Å². The van der Waals surface area contributed by atoms with Crippen LogP contribution in [0.4, 0.5) is 4.79 Å². The molecule has 1 unspecified atom stereocenters. The summed E-state index contributed by atoms with van der Waals surface area (Å²) in [7, 11) is 0. The van der Waals surface area contributed by atoms with E-state index in [1.54, 1.807) is 20.8 Å². The number of carbonyl (C=O) groups is 2. The maximum absolute atomic E-state index is 12.9. The van der Waals surface area contributed by atoms with Gasteiger partial charge in [0.2, 0.25) is 0 Å². The molecular weight excluding hydrogens is 497 g/mol. The zero-order chi connectivity index (χ0) is 25.5. The average molecular weight is 524 g/mol. The molecule has 35 heavy (non-hydrogen) atoms. The summed E-state index contributed by atoms with van der Waals surface area (Å²) in [5, 5.41) is 14.4. The number of nitrogens with one attached hydrogen (secondary N) is 3. The van der Waals surface area contributed by atoms with Gasteiger partial charge in [0, 0.05) is 36.7 Å². The van der Waals surface area contributed by atoms with Crippen LogP contribution in [0.2, 0.25) is 10.0 Å². The fourth-order valence-corrected chi connectivity index (χ4v) is 5.33. The first-order chi connectivity index (χ1) is 16.5. The Balaban J connectivity index is 1.49. The summed E-state index contributed by atoms with van der Waals surface area (Å²) in [6.45, 7) is 5.41. The summed E-state index contributed by atoms with van der Waals surface area (Å²) >= 11 is 13.0. The number of amides is 2. The molecule has 1 aliphatic heterocycles. The number of carboxylic acid groups (broad SMARTS) is 1. The number of fused-ring (bicyclic) bond motifs is 1. The van der Waals surface area contributed by atoms with Gasteiger partial charge in [-0.05, 0) is 57.2 Å². The van der Waals surface area contributed by atoms with E-state index < -0.39 is 17.8 Å². The van der Waals surface area contributed by atoms with Crippen molar-refractivity contribution < 1.29 is 24.2 Å². The first-order valence-electron chi connectivity index (χ1n) is 11.4. The van der Waals surface area contributed by atoms with Crippen LogP contribution in [0.3, 0.4) is 0 Å². The fraction of sp³-hybridized carbons (Fsp3) is 0.458. The minimum absolute atomic E-state index is 0.0218. The minimum atomic E-state index is -1.05. The molecule has 1 saturated carbocycles. The number of benzene rings is 1. The maximum Gasteiger partial charge on any atom is 0.404 e. The van der Waals surface area contributed by atoms with Gasteiger partial charge in [-0.1, -0.05) is 23.2 Å². The topological polar surface area (TPSA) is 130 Å². The molecule has 1 aliphatic carbocycles. The molecule has 0 spiro atoms. The van der Waals surface area contributed by atoms with Gasteiger partial charge in [0.05, 0.1) is 15.6 Å². The summed E-state index contributed by atoms with van der Waals surface area (Å²) in [5.74, 6) is -1.11. The van der Waals surface area contributed by atoms with E-state index in [1.165, 1.54) is 6.07 Å². The lowest BCUT2D eigenvalue weighted by Gasteiger charge is -2.37. The molecule has 0 bridgehead atoms.